The lowest BCUT2D eigenvalue weighted by atomic mass is 10.2. The van der Waals surface area contributed by atoms with E-state index in [0.29, 0.717) is 12.6 Å². The second-order valence-corrected chi connectivity index (χ2v) is 6.30. The van der Waals surface area contributed by atoms with Gasteiger partial charge in [-0.05, 0) is 42.8 Å². The molecule has 1 aromatic rings. The topological polar surface area (TPSA) is 34.5 Å². The van der Waals surface area contributed by atoms with Crippen molar-refractivity contribution in [3.05, 3.63) is 32.7 Å². The van der Waals surface area contributed by atoms with Crippen LogP contribution in [0.5, 0.6) is 0 Å². The van der Waals surface area contributed by atoms with Crippen LogP contribution in [0.2, 0.25) is 0 Å². The summed E-state index contributed by atoms with van der Waals surface area (Å²) in [7, 11) is 0. The summed E-state index contributed by atoms with van der Waals surface area (Å²) < 4.78 is 8.46. The van der Waals surface area contributed by atoms with E-state index in [1.807, 2.05) is 19.2 Å². The summed E-state index contributed by atoms with van der Waals surface area (Å²) in [5.41, 5.74) is 0.819. The van der Waals surface area contributed by atoms with Crippen LogP contribution in [-0.4, -0.2) is 41.3 Å². The Balaban J connectivity index is 2.11. The van der Waals surface area contributed by atoms with E-state index in [4.69, 9.17) is 4.74 Å². The molecule has 5 heteroatoms. The smallest absolute Gasteiger partial charge is 0.253 e. The van der Waals surface area contributed by atoms with Gasteiger partial charge in [-0.2, -0.15) is 0 Å². The Morgan fingerprint density at radius 2 is 2.26 bits per heavy atom. The van der Waals surface area contributed by atoms with Gasteiger partial charge in [-0.15, -0.1) is 0 Å². The lowest BCUT2D eigenvalue weighted by Crippen LogP contribution is -2.47. The normalized spacial score (nSPS) is 21.0. The van der Waals surface area contributed by atoms with Crippen LogP contribution in [0, 0.1) is 6.92 Å². The van der Waals surface area contributed by atoms with Crippen LogP contribution < -0.4 is 5.56 Å². The van der Waals surface area contributed by atoms with Crippen LogP contribution in [0.15, 0.2) is 21.5 Å². The fraction of sp³-hybridized carbons (Fsp3) is 0.643. The highest BCUT2D eigenvalue weighted by Crippen LogP contribution is 2.12. The number of nitrogens with zero attached hydrogens (tertiary/aromatic N) is 2. The molecule has 1 aliphatic rings. The molecule has 0 aliphatic carbocycles. The predicted molar refractivity (Wildman–Crippen MR) is 79.6 cm³/mol. The van der Waals surface area contributed by atoms with Gasteiger partial charge < -0.3 is 9.30 Å². The lowest BCUT2D eigenvalue weighted by molar-refractivity contribution is -0.0460. The minimum atomic E-state index is 0.0634. The van der Waals surface area contributed by atoms with Crippen LogP contribution in [0.4, 0.5) is 0 Å². The van der Waals surface area contributed by atoms with Crippen LogP contribution in [0.3, 0.4) is 0 Å². The average Bonchev–Trinajstić information content (AvgIpc) is 2.35. The highest BCUT2D eigenvalue weighted by Gasteiger charge is 2.22. The van der Waals surface area contributed by atoms with Gasteiger partial charge in [0.1, 0.15) is 0 Å². The lowest BCUT2D eigenvalue weighted by Gasteiger charge is -2.35. The Hall–Kier alpha value is -0.650. The summed E-state index contributed by atoms with van der Waals surface area (Å²) in [6, 6.07) is 2.37. The van der Waals surface area contributed by atoms with E-state index < -0.39 is 0 Å². The molecule has 1 unspecified atom stereocenters. The van der Waals surface area contributed by atoms with Gasteiger partial charge in [-0.3, -0.25) is 9.69 Å². The van der Waals surface area contributed by atoms with Crippen molar-refractivity contribution < 1.29 is 4.74 Å². The average molecular weight is 329 g/mol. The van der Waals surface area contributed by atoms with Crippen molar-refractivity contribution in [2.24, 2.45) is 0 Å². The number of ether oxygens (including phenoxy) is 1. The van der Waals surface area contributed by atoms with E-state index in [2.05, 4.69) is 34.7 Å². The molecule has 0 aromatic carbocycles. The number of halogens is 1. The third-order valence-corrected chi connectivity index (χ3v) is 3.97. The molecule has 1 atom stereocenters. The fourth-order valence-corrected chi connectivity index (χ4v) is 3.01. The Kier molecular flexibility index (Phi) is 4.81. The first-order valence-electron chi connectivity index (χ1n) is 6.69. The van der Waals surface area contributed by atoms with Crippen molar-refractivity contribution >= 4 is 15.9 Å². The van der Waals surface area contributed by atoms with Gasteiger partial charge in [-0.1, -0.05) is 0 Å². The maximum absolute atomic E-state index is 12.1. The molecule has 0 amide bonds. The van der Waals surface area contributed by atoms with Crippen LogP contribution in [-0.2, 0) is 11.3 Å². The van der Waals surface area contributed by atoms with Gasteiger partial charge in [0.25, 0.3) is 5.56 Å². The molecular formula is C14H21BrN2O2. The summed E-state index contributed by atoms with van der Waals surface area (Å²) in [5.74, 6) is 0. The zero-order valence-corrected chi connectivity index (χ0v) is 13.3. The summed E-state index contributed by atoms with van der Waals surface area (Å²) >= 11 is 3.44. The number of pyridine rings is 1. The summed E-state index contributed by atoms with van der Waals surface area (Å²) in [4.78, 5) is 14.5. The Morgan fingerprint density at radius 1 is 1.53 bits per heavy atom. The zero-order chi connectivity index (χ0) is 14.0. The number of hydrogen-bond donors (Lipinski definition) is 0. The highest BCUT2D eigenvalue weighted by atomic mass is 79.9. The molecule has 1 aromatic heterocycles. The maximum Gasteiger partial charge on any atom is 0.253 e. The molecule has 1 aliphatic heterocycles. The second-order valence-electron chi connectivity index (χ2n) is 5.38. The van der Waals surface area contributed by atoms with E-state index in [-0.39, 0.29) is 11.7 Å². The summed E-state index contributed by atoms with van der Waals surface area (Å²) in [6.45, 7) is 9.44. The second kappa shape index (κ2) is 6.20. The van der Waals surface area contributed by atoms with E-state index in [9.17, 15) is 4.79 Å². The molecule has 1 fully saturated rings. The largest absolute Gasteiger partial charge is 0.374 e. The number of aryl methyl sites for hydroxylation is 1. The zero-order valence-electron chi connectivity index (χ0n) is 11.7. The number of morpholine rings is 1. The van der Waals surface area contributed by atoms with Gasteiger partial charge in [0.05, 0.1) is 19.3 Å². The Bertz CT molecular complexity index is 499. The Morgan fingerprint density at radius 3 is 2.95 bits per heavy atom. The molecule has 0 radical (unpaired) electrons. The third kappa shape index (κ3) is 3.68. The Labute approximate surface area is 122 Å². The van der Waals surface area contributed by atoms with Gasteiger partial charge in [-0.25, -0.2) is 0 Å². The van der Waals surface area contributed by atoms with Crippen molar-refractivity contribution in [3.8, 4) is 0 Å². The molecular weight excluding hydrogens is 308 g/mol. The van der Waals surface area contributed by atoms with Gasteiger partial charge in [0, 0.05) is 35.4 Å². The van der Waals surface area contributed by atoms with E-state index >= 15 is 0 Å². The molecule has 106 valence electrons. The van der Waals surface area contributed by atoms with Crippen LogP contribution in [0.1, 0.15) is 19.4 Å². The van der Waals surface area contributed by atoms with E-state index in [1.54, 1.807) is 4.57 Å². The van der Waals surface area contributed by atoms with E-state index in [1.165, 1.54) is 0 Å². The number of hydrogen-bond acceptors (Lipinski definition) is 3. The quantitative estimate of drug-likeness (QED) is 0.851. The van der Waals surface area contributed by atoms with Gasteiger partial charge in [0.15, 0.2) is 0 Å². The van der Waals surface area contributed by atoms with Gasteiger partial charge >= 0.3 is 0 Å². The molecule has 0 saturated carbocycles. The van der Waals surface area contributed by atoms with Crippen molar-refractivity contribution in [2.75, 3.05) is 19.7 Å². The first-order valence-corrected chi connectivity index (χ1v) is 7.49. The van der Waals surface area contributed by atoms with Crippen molar-refractivity contribution in [1.82, 2.24) is 9.47 Å². The maximum atomic E-state index is 12.1. The number of aromatic nitrogens is 1. The first kappa shape index (κ1) is 14.8. The van der Waals surface area contributed by atoms with Crippen LogP contribution in [0.25, 0.3) is 0 Å². The summed E-state index contributed by atoms with van der Waals surface area (Å²) in [5, 5.41) is 0. The number of rotatable bonds is 3. The first-order chi connectivity index (χ1) is 8.97. The summed E-state index contributed by atoms with van der Waals surface area (Å²) in [6.07, 6.45) is 1.93. The fourth-order valence-electron chi connectivity index (χ4n) is 2.42. The minimum Gasteiger partial charge on any atom is -0.374 e. The minimum absolute atomic E-state index is 0.0634. The molecule has 0 spiro atoms. The van der Waals surface area contributed by atoms with Gasteiger partial charge in [0.2, 0.25) is 0 Å². The van der Waals surface area contributed by atoms with Crippen LogP contribution >= 0.6 is 15.9 Å². The molecule has 1 saturated heterocycles. The molecule has 19 heavy (non-hydrogen) atoms. The predicted octanol–water partition coefficient (Wildman–Crippen LogP) is 2.03. The van der Waals surface area contributed by atoms with Crippen molar-refractivity contribution in [3.63, 3.8) is 0 Å². The van der Waals surface area contributed by atoms with Crippen molar-refractivity contribution in [2.45, 2.75) is 39.5 Å². The molecule has 2 rings (SSSR count). The van der Waals surface area contributed by atoms with Crippen molar-refractivity contribution in [1.29, 1.82) is 0 Å². The monoisotopic (exact) mass is 328 g/mol. The third-order valence-electron chi connectivity index (χ3n) is 3.53. The molecule has 2 heterocycles. The molecule has 0 bridgehead atoms. The SMILES string of the molecule is Cc1cc(Br)cn(CC2CN(C(C)C)CCO2)c1=O. The molecule has 0 N–H and O–H groups in total. The highest BCUT2D eigenvalue weighted by molar-refractivity contribution is 9.10. The molecule has 4 nitrogen and oxygen atoms in total. The van der Waals surface area contributed by atoms with E-state index in [0.717, 1.165) is 29.7 Å². The standard InChI is InChI=1S/C14H21BrN2O2/c1-10(2)16-4-5-19-13(8-16)9-17-7-12(15)6-11(3)14(17)18/h6-7,10,13H,4-5,8-9H2,1-3H3.